The third kappa shape index (κ3) is 3.91. The highest BCUT2D eigenvalue weighted by atomic mass is 16.5. The van der Waals surface area contributed by atoms with Gasteiger partial charge >= 0.3 is 5.97 Å². The number of nitrogens with zero attached hydrogens (tertiary/aromatic N) is 2. The predicted molar refractivity (Wildman–Crippen MR) is 104 cm³/mol. The van der Waals surface area contributed by atoms with Crippen molar-refractivity contribution in [3.05, 3.63) is 65.7 Å². The summed E-state index contributed by atoms with van der Waals surface area (Å²) in [4.78, 5) is 24.6. The van der Waals surface area contributed by atoms with Gasteiger partial charge in [-0.15, -0.1) is 0 Å². The fourth-order valence-electron chi connectivity index (χ4n) is 3.27. The van der Waals surface area contributed by atoms with Gasteiger partial charge in [0.05, 0.1) is 24.8 Å². The molecule has 6 heteroatoms. The van der Waals surface area contributed by atoms with Crippen molar-refractivity contribution in [2.24, 2.45) is 11.0 Å². The van der Waals surface area contributed by atoms with E-state index < -0.39 is 0 Å². The Morgan fingerprint density at radius 2 is 1.79 bits per heavy atom. The van der Waals surface area contributed by atoms with Gasteiger partial charge in [-0.1, -0.05) is 42.5 Å². The number of amides is 1. The van der Waals surface area contributed by atoms with Crippen LogP contribution in [-0.4, -0.2) is 36.3 Å². The van der Waals surface area contributed by atoms with Gasteiger partial charge in [-0.3, -0.25) is 9.59 Å². The molecule has 6 nitrogen and oxygen atoms in total. The van der Waals surface area contributed by atoms with Gasteiger partial charge in [0.2, 0.25) is 0 Å². The lowest BCUT2D eigenvalue weighted by molar-refractivity contribution is -0.153. The van der Waals surface area contributed by atoms with Gasteiger partial charge in [0.25, 0.3) is 5.91 Å². The molecule has 2 aromatic rings. The molecule has 1 amide bonds. The maximum atomic E-state index is 12.8. The Bertz CT molecular complexity index is 889. The molecule has 0 radical (unpaired) electrons. The Morgan fingerprint density at radius 3 is 2.43 bits per heavy atom. The van der Waals surface area contributed by atoms with Crippen LogP contribution >= 0.6 is 0 Å². The Morgan fingerprint density at radius 1 is 1.07 bits per heavy atom. The number of carbonyl (C=O) groups excluding carboxylic acids is 2. The van der Waals surface area contributed by atoms with Crippen molar-refractivity contribution >= 4 is 17.6 Å². The van der Waals surface area contributed by atoms with Crippen LogP contribution in [0.4, 0.5) is 0 Å². The molecule has 0 unspecified atom stereocenters. The summed E-state index contributed by atoms with van der Waals surface area (Å²) in [5.41, 5.74) is 2.77. The topological polar surface area (TPSA) is 68.2 Å². The minimum absolute atomic E-state index is 0.0351. The van der Waals surface area contributed by atoms with Gasteiger partial charge < -0.3 is 9.47 Å². The lowest BCUT2D eigenvalue weighted by Gasteiger charge is -2.22. The monoisotopic (exact) mass is 378 g/mol. The maximum absolute atomic E-state index is 12.8. The molecule has 4 rings (SSSR count). The van der Waals surface area contributed by atoms with E-state index in [-0.39, 0.29) is 30.4 Å². The molecule has 1 aliphatic carbocycles. The highest BCUT2D eigenvalue weighted by molar-refractivity contribution is 6.03. The number of ether oxygens (including phenoxy) is 2. The van der Waals surface area contributed by atoms with Gasteiger partial charge in [-0.25, -0.2) is 5.01 Å². The molecule has 2 aromatic carbocycles. The van der Waals surface area contributed by atoms with Gasteiger partial charge in [-0.2, -0.15) is 5.10 Å². The number of hydrogen-bond acceptors (Lipinski definition) is 5. The molecule has 1 fully saturated rings. The SMILES string of the molecule is COc1ccc([C@H]2CC(c3ccccc3)=NN2C(=O)COC(=O)C2CC2)cc1. The summed E-state index contributed by atoms with van der Waals surface area (Å²) in [5.74, 6) is 0.107. The number of carbonyl (C=O) groups is 2. The summed E-state index contributed by atoms with van der Waals surface area (Å²) in [6.45, 7) is -0.284. The van der Waals surface area contributed by atoms with Crippen molar-refractivity contribution in [1.82, 2.24) is 5.01 Å². The summed E-state index contributed by atoms with van der Waals surface area (Å²) < 4.78 is 10.4. The molecule has 1 saturated carbocycles. The van der Waals surface area contributed by atoms with E-state index in [9.17, 15) is 9.59 Å². The third-order valence-electron chi connectivity index (χ3n) is 5.02. The molecule has 0 bridgehead atoms. The molecular weight excluding hydrogens is 356 g/mol. The number of rotatable bonds is 6. The van der Waals surface area contributed by atoms with Crippen LogP contribution in [0.5, 0.6) is 5.75 Å². The maximum Gasteiger partial charge on any atom is 0.309 e. The second kappa shape index (κ2) is 7.84. The number of hydrogen-bond donors (Lipinski definition) is 0. The van der Waals surface area contributed by atoms with E-state index in [0.717, 1.165) is 35.4 Å². The van der Waals surface area contributed by atoms with Gasteiger partial charge in [0.1, 0.15) is 5.75 Å². The minimum Gasteiger partial charge on any atom is -0.497 e. The van der Waals surface area contributed by atoms with Crippen molar-refractivity contribution in [2.45, 2.75) is 25.3 Å². The molecule has 0 saturated heterocycles. The molecule has 2 aliphatic rings. The first-order chi connectivity index (χ1) is 13.7. The quantitative estimate of drug-likeness (QED) is 0.723. The standard InChI is InChI=1S/C22H22N2O4/c1-27-18-11-9-16(10-12-18)20-13-19(15-5-3-2-4-6-15)23-24(20)21(25)14-28-22(26)17-7-8-17/h2-6,9-12,17,20H,7-8,13-14H2,1H3/t20-/m1/s1. The van der Waals surface area contributed by atoms with Crippen LogP contribution in [0.25, 0.3) is 0 Å². The van der Waals surface area contributed by atoms with Crippen molar-refractivity contribution in [3.8, 4) is 5.75 Å². The van der Waals surface area contributed by atoms with E-state index in [1.807, 2.05) is 54.6 Å². The molecule has 0 spiro atoms. The van der Waals surface area contributed by atoms with Crippen LogP contribution in [0.3, 0.4) is 0 Å². The number of esters is 1. The van der Waals surface area contributed by atoms with Crippen molar-refractivity contribution in [3.63, 3.8) is 0 Å². The summed E-state index contributed by atoms with van der Waals surface area (Å²) in [5, 5.41) is 6.02. The summed E-state index contributed by atoms with van der Waals surface area (Å²) >= 11 is 0. The molecule has 1 heterocycles. The molecule has 1 aliphatic heterocycles. The molecule has 28 heavy (non-hydrogen) atoms. The van der Waals surface area contributed by atoms with Crippen LogP contribution in [0, 0.1) is 5.92 Å². The first kappa shape index (κ1) is 18.2. The minimum atomic E-state index is -0.319. The first-order valence-electron chi connectivity index (χ1n) is 9.41. The summed E-state index contributed by atoms with van der Waals surface area (Å²) in [6, 6.07) is 17.2. The highest BCUT2D eigenvalue weighted by Crippen LogP contribution is 2.34. The van der Waals surface area contributed by atoms with E-state index in [0.29, 0.717) is 6.42 Å². The average Bonchev–Trinajstić information content (AvgIpc) is 3.51. The third-order valence-corrected chi connectivity index (χ3v) is 5.02. The number of hydrazone groups is 1. The van der Waals surface area contributed by atoms with E-state index in [1.54, 1.807) is 7.11 Å². The Labute approximate surface area is 163 Å². The van der Waals surface area contributed by atoms with Gasteiger partial charge in [0.15, 0.2) is 6.61 Å². The zero-order chi connectivity index (χ0) is 19.5. The van der Waals surface area contributed by atoms with Crippen molar-refractivity contribution < 1.29 is 19.1 Å². The van der Waals surface area contributed by atoms with Crippen LogP contribution in [0.15, 0.2) is 59.7 Å². The Kier molecular flexibility index (Phi) is 5.10. The van der Waals surface area contributed by atoms with E-state index >= 15 is 0 Å². The molecule has 144 valence electrons. The normalized spacial score (nSPS) is 18.5. The fraction of sp³-hybridized carbons (Fsp3) is 0.318. The summed E-state index contributed by atoms with van der Waals surface area (Å²) in [6.07, 6.45) is 2.29. The van der Waals surface area contributed by atoms with Crippen LogP contribution in [0.1, 0.15) is 36.4 Å². The molecule has 0 aromatic heterocycles. The van der Waals surface area contributed by atoms with Gasteiger partial charge in [0, 0.05) is 6.42 Å². The molecular formula is C22H22N2O4. The molecule has 1 atom stereocenters. The second-order valence-electron chi connectivity index (χ2n) is 7.03. The van der Waals surface area contributed by atoms with E-state index in [4.69, 9.17) is 9.47 Å². The summed E-state index contributed by atoms with van der Waals surface area (Å²) in [7, 11) is 1.62. The van der Waals surface area contributed by atoms with Crippen molar-refractivity contribution in [1.29, 1.82) is 0 Å². The lowest BCUT2D eigenvalue weighted by atomic mass is 9.98. The predicted octanol–water partition coefficient (Wildman–Crippen LogP) is 3.33. The first-order valence-corrected chi connectivity index (χ1v) is 9.41. The van der Waals surface area contributed by atoms with E-state index in [2.05, 4.69) is 5.10 Å². The highest BCUT2D eigenvalue weighted by Gasteiger charge is 2.35. The smallest absolute Gasteiger partial charge is 0.309 e. The van der Waals surface area contributed by atoms with Crippen LogP contribution in [0.2, 0.25) is 0 Å². The van der Waals surface area contributed by atoms with Crippen LogP contribution < -0.4 is 4.74 Å². The fourth-order valence-corrected chi connectivity index (χ4v) is 3.27. The zero-order valence-corrected chi connectivity index (χ0v) is 15.7. The Balaban J connectivity index is 1.55. The van der Waals surface area contributed by atoms with Gasteiger partial charge in [-0.05, 0) is 36.1 Å². The molecule has 0 N–H and O–H groups in total. The second-order valence-corrected chi connectivity index (χ2v) is 7.03. The number of benzene rings is 2. The average molecular weight is 378 g/mol. The van der Waals surface area contributed by atoms with E-state index in [1.165, 1.54) is 5.01 Å². The Hall–Kier alpha value is -3.15. The van der Waals surface area contributed by atoms with Crippen LogP contribution in [-0.2, 0) is 14.3 Å². The van der Waals surface area contributed by atoms with Crippen molar-refractivity contribution in [2.75, 3.05) is 13.7 Å². The largest absolute Gasteiger partial charge is 0.497 e. The zero-order valence-electron chi connectivity index (χ0n) is 15.7. The number of methoxy groups -OCH3 is 1. The lowest BCUT2D eigenvalue weighted by Crippen LogP contribution is -2.31.